The largest absolute Gasteiger partial charge is 0.360 e. The van der Waals surface area contributed by atoms with Crippen molar-refractivity contribution in [2.75, 3.05) is 26.2 Å². The summed E-state index contributed by atoms with van der Waals surface area (Å²) in [6, 6.07) is 1.96. The third-order valence-electron chi connectivity index (χ3n) is 4.17. The van der Waals surface area contributed by atoms with E-state index >= 15 is 0 Å². The number of aryl methyl sites for hydroxylation is 3. The molecule has 0 radical (unpaired) electrons. The molecule has 3 heterocycles. The van der Waals surface area contributed by atoms with Crippen LogP contribution in [-0.2, 0) is 24.8 Å². The summed E-state index contributed by atoms with van der Waals surface area (Å²) in [5.74, 6) is 1.11. The Balaban J connectivity index is 1.42. The van der Waals surface area contributed by atoms with Gasteiger partial charge in [-0.05, 0) is 18.9 Å². The highest BCUT2D eigenvalue weighted by Gasteiger charge is 2.21. The summed E-state index contributed by atoms with van der Waals surface area (Å²) in [5.41, 5.74) is 2.02. The second-order valence-corrected chi connectivity index (χ2v) is 6.11. The molecule has 7 nitrogen and oxygen atoms in total. The van der Waals surface area contributed by atoms with E-state index in [0.717, 1.165) is 56.2 Å². The van der Waals surface area contributed by atoms with Gasteiger partial charge in [0.05, 0.1) is 18.4 Å². The Morgan fingerprint density at radius 2 is 2.09 bits per heavy atom. The molecule has 7 heteroatoms. The minimum absolute atomic E-state index is 0.226. The average Bonchev–Trinajstić information content (AvgIpc) is 3.14. The monoisotopic (exact) mass is 317 g/mol. The van der Waals surface area contributed by atoms with Crippen LogP contribution in [0, 0.1) is 6.92 Å². The second-order valence-electron chi connectivity index (χ2n) is 6.11. The van der Waals surface area contributed by atoms with Gasteiger partial charge in [0.1, 0.15) is 0 Å². The van der Waals surface area contributed by atoms with Gasteiger partial charge in [0.2, 0.25) is 5.91 Å². The molecular formula is C16H23N5O2. The van der Waals surface area contributed by atoms with Gasteiger partial charge < -0.3 is 9.42 Å². The van der Waals surface area contributed by atoms with Crippen LogP contribution in [0.5, 0.6) is 0 Å². The van der Waals surface area contributed by atoms with Gasteiger partial charge in [-0.3, -0.25) is 14.4 Å². The van der Waals surface area contributed by atoms with Gasteiger partial charge in [-0.25, -0.2) is 0 Å². The molecule has 2 aromatic rings. The van der Waals surface area contributed by atoms with Crippen LogP contribution in [0.15, 0.2) is 23.0 Å². The highest BCUT2D eigenvalue weighted by atomic mass is 16.5. The fraction of sp³-hybridized carbons (Fsp3) is 0.562. The van der Waals surface area contributed by atoms with Crippen molar-refractivity contribution in [1.82, 2.24) is 24.7 Å². The van der Waals surface area contributed by atoms with E-state index in [1.54, 1.807) is 4.68 Å². The lowest BCUT2D eigenvalue weighted by atomic mass is 10.1. The molecule has 0 aliphatic carbocycles. The number of rotatable bonds is 5. The van der Waals surface area contributed by atoms with E-state index < -0.39 is 0 Å². The van der Waals surface area contributed by atoms with Gasteiger partial charge in [-0.1, -0.05) is 5.16 Å². The zero-order chi connectivity index (χ0) is 16.2. The molecule has 0 saturated carbocycles. The maximum Gasteiger partial charge on any atom is 0.222 e. The SMILES string of the molecule is Cc1cc(CN2CCN(C(=O)CCc3cnn(C)c3)CC2)on1. The molecule has 1 saturated heterocycles. The van der Waals surface area contributed by atoms with Crippen LogP contribution in [0.1, 0.15) is 23.4 Å². The summed E-state index contributed by atoms with van der Waals surface area (Å²) in [6.07, 6.45) is 5.09. The highest BCUT2D eigenvalue weighted by molar-refractivity contribution is 5.76. The number of hydrogen-bond acceptors (Lipinski definition) is 5. The maximum atomic E-state index is 12.3. The van der Waals surface area contributed by atoms with Gasteiger partial charge in [0.25, 0.3) is 0 Å². The van der Waals surface area contributed by atoms with Crippen molar-refractivity contribution in [3.63, 3.8) is 0 Å². The van der Waals surface area contributed by atoms with E-state index in [1.165, 1.54) is 0 Å². The molecule has 0 N–H and O–H groups in total. The number of carbonyl (C=O) groups is 1. The smallest absolute Gasteiger partial charge is 0.222 e. The fourth-order valence-corrected chi connectivity index (χ4v) is 2.88. The van der Waals surface area contributed by atoms with E-state index in [-0.39, 0.29) is 5.91 Å². The first-order valence-electron chi connectivity index (χ1n) is 8.00. The summed E-state index contributed by atoms with van der Waals surface area (Å²) in [7, 11) is 1.89. The molecule has 0 bridgehead atoms. The number of amides is 1. The van der Waals surface area contributed by atoms with E-state index in [0.29, 0.717) is 6.42 Å². The molecule has 3 rings (SSSR count). The molecule has 124 valence electrons. The normalized spacial score (nSPS) is 16.0. The second kappa shape index (κ2) is 6.95. The van der Waals surface area contributed by atoms with Gasteiger partial charge in [-0.2, -0.15) is 5.10 Å². The van der Waals surface area contributed by atoms with E-state index in [4.69, 9.17) is 4.52 Å². The van der Waals surface area contributed by atoms with Crippen LogP contribution in [0.25, 0.3) is 0 Å². The molecule has 0 unspecified atom stereocenters. The van der Waals surface area contributed by atoms with Crippen molar-refractivity contribution >= 4 is 5.91 Å². The summed E-state index contributed by atoms with van der Waals surface area (Å²) >= 11 is 0. The Bertz CT molecular complexity index is 655. The molecule has 1 aliphatic rings. The number of aromatic nitrogens is 3. The number of carbonyl (C=O) groups excluding carboxylic acids is 1. The summed E-state index contributed by atoms with van der Waals surface area (Å²) in [6.45, 7) is 5.99. The molecule has 0 aromatic carbocycles. The van der Waals surface area contributed by atoms with Crippen LogP contribution in [0.3, 0.4) is 0 Å². The molecule has 0 atom stereocenters. The number of hydrogen-bond donors (Lipinski definition) is 0. The highest BCUT2D eigenvalue weighted by Crippen LogP contribution is 2.11. The van der Waals surface area contributed by atoms with E-state index in [9.17, 15) is 4.79 Å². The summed E-state index contributed by atoms with van der Waals surface area (Å²) in [5, 5.41) is 8.04. The van der Waals surface area contributed by atoms with Crippen LogP contribution >= 0.6 is 0 Å². The Morgan fingerprint density at radius 1 is 1.30 bits per heavy atom. The maximum absolute atomic E-state index is 12.3. The Labute approximate surface area is 135 Å². The molecule has 1 aliphatic heterocycles. The molecule has 23 heavy (non-hydrogen) atoms. The lowest BCUT2D eigenvalue weighted by Crippen LogP contribution is -2.48. The van der Waals surface area contributed by atoms with E-state index in [2.05, 4.69) is 15.2 Å². The van der Waals surface area contributed by atoms with Crippen molar-refractivity contribution in [1.29, 1.82) is 0 Å². The summed E-state index contributed by atoms with van der Waals surface area (Å²) < 4.78 is 7.02. The zero-order valence-corrected chi connectivity index (χ0v) is 13.7. The van der Waals surface area contributed by atoms with Crippen LogP contribution in [-0.4, -0.2) is 56.8 Å². The minimum Gasteiger partial charge on any atom is -0.360 e. The fourth-order valence-electron chi connectivity index (χ4n) is 2.88. The Kier molecular flexibility index (Phi) is 4.76. The lowest BCUT2D eigenvalue weighted by Gasteiger charge is -2.34. The van der Waals surface area contributed by atoms with Crippen LogP contribution < -0.4 is 0 Å². The average molecular weight is 317 g/mol. The van der Waals surface area contributed by atoms with Crippen molar-refractivity contribution in [2.24, 2.45) is 7.05 Å². The first-order valence-corrected chi connectivity index (χ1v) is 8.00. The van der Waals surface area contributed by atoms with Gasteiger partial charge in [-0.15, -0.1) is 0 Å². The number of piperazine rings is 1. The minimum atomic E-state index is 0.226. The third-order valence-corrected chi connectivity index (χ3v) is 4.17. The van der Waals surface area contributed by atoms with Crippen molar-refractivity contribution in [3.05, 3.63) is 35.5 Å². The molecular weight excluding hydrogens is 294 g/mol. The predicted molar refractivity (Wildman–Crippen MR) is 84.6 cm³/mol. The predicted octanol–water partition coefficient (Wildman–Crippen LogP) is 0.994. The number of nitrogens with zero attached hydrogens (tertiary/aromatic N) is 5. The standard InChI is InChI=1S/C16H23N5O2/c1-13-9-15(23-18-13)12-20-5-7-21(8-6-20)16(22)4-3-14-10-17-19(2)11-14/h9-11H,3-8,12H2,1-2H3. The van der Waals surface area contributed by atoms with Crippen LogP contribution in [0.2, 0.25) is 0 Å². The van der Waals surface area contributed by atoms with Crippen molar-refractivity contribution in [2.45, 2.75) is 26.3 Å². The van der Waals surface area contributed by atoms with Gasteiger partial charge in [0, 0.05) is 51.9 Å². The summed E-state index contributed by atoms with van der Waals surface area (Å²) in [4.78, 5) is 16.6. The molecule has 2 aromatic heterocycles. The quantitative estimate of drug-likeness (QED) is 0.823. The third kappa shape index (κ3) is 4.19. The van der Waals surface area contributed by atoms with Crippen LogP contribution in [0.4, 0.5) is 0 Å². The Morgan fingerprint density at radius 3 is 2.70 bits per heavy atom. The lowest BCUT2D eigenvalue weighted by molar-refractivity contribution is -0.133. The molecule has 1 fully saturated rings. The Hall–Kier alpha value is -2.15. The van der Waals surface area contributed by atoms with Crippen molar-refractivity contribution < 1.29 is 9.32 Å². The van der Waals surface area contributed by atoms with E-state index in [1.807, 2.05) is 37.3 Å². The zero-order valence-electron chi connectivity index (χ0n) is 13.7. The molecule has 1 amide bonds. The first kappa shape index (κ1) is 15.7. The van der Waals surface area contributed by atoms with Crippen molar-refractivity contribution in [3.8, 4) is 0 Å². The first-order chi connectivity index (χ1) is 11.1. The topological polar surface area (TPSA) is 67.4 Å². The van der Waals surface area contributed by atoms with Gasteiger partial charge >= 0.3 is 0 Å². The molecule has 0 spiro atoms. The van der Waals surface area contributed by atoms with Gasteiger partial charge in [0.15, 0.2) is 5.76 Å².